The number of nitrogens with one attached hydrogen (secondary N) is 1. The summed E-state index contributed by atoms with van der Waals surface area (Å²) in [5.74, 6) is 2.23. The van der Waals surface area contributed by atoms with Crippen LogP contribution >= 0.6 is 0 Å². The number of benzene rings is 1. The third kappa shape index (κ3) is 3.91. The van der Waals surface area contributed by atoms with Crippen molar-refractivity contribution < 1.29 is 4.79 Å². The van der Waals surface area contributed by atoms with Gasteiger partial charge in [0, 0.05) is 30.2 Å². The quantitative estimate of drug-likeness (QED) is 0.835. The van der Waals surface area contributed by atoms with E-state index in [1.165, 1.54) is 29.4 Å². The minimum absolute atomic E-state index is 0.186. The molecule has 1 heterocycles. The van der Waals surface area contributed by atoms with Gasteiger partial charge in [-0.3, -0.25) is 4.79 Å². The maximum absolute atomic E-state index is 12.8. The summed E-state index contributed by atoms with van der Waals surface area (Å²) in [6, 6.07) is 10.7. The van der Waals surface area contributed by atoms with Crippen molar-refractivity contribution in [1.82, 2.24) is 9.88 Å². The van der Waals surface area contributed by atoms with Crippen LogP contribution < -0.4 is 5.32 Å². The predicted molar refractivity (Wildman–Crippen MR) is 105 cm³/mol. The second kappa shape index (κ2) is 7.63. The van der Waals surface area contributed by atoms with E-state index in [2.05, 4.69) is 67.9 Å². The smallest absolute Gasteiger partial charge is 0.223 e. The SMILES string of the molecule is Cc1cc2ccccc2n1CCNC(=O)[C@@H]1C[C@H](C)CC[C@H]1C(C)C. The number of rotatable bonds is 5. The highest BCUT2D eigenvalue weighted by Crippen LogP contribution is 2.38. The molecule has 3 nitrogen and oxygen atoms in total. The largest absolute Gasteiger partial charge is 0.354 e. The molecule has 3 rings (SSSR count). The Bertz CT molecular complexity index is 731. The minimum Gasteiger partial charge on any atom is -0.354 e. The molecule has 3 atom stereocenters. The molecule has 0 spiro atoms. The third-order valence-corrected chi connectivity index (χ3v) is 6.01. The first-order chi connectivity index (χ1) is 12.0. The van der Waals surface area contributed by atoms with Crippen molar-refractivity contribution in [2.45, 2.75) is 53.5 Å². The molecule has 3 heteroatoms. The summed E-state index contributed by atoms with van der Waals surface area (Å²) in [5.41, 5.74) is 2.50. The first-order valence-corrected chi connectivity index (χ1v) is 9.80. The highest BCUT2D eigenvalue weighted by molar-refractivity contribution is 5.81. The van der Waals surface area contributed by atoms with E-state index in [-0.39, 0.29) is 11.8 Å². The Labute approximate surface area is 151 Å². The monoisotopic (exact) mass is 340 g/mol. The van der Waals surface area contributed by atoms with Crippen molar-refractivity contribution in [1.29, 1.82) is 0 Å². The summed E-state index contributed by atoms with van der Waals surface area (Å²) in [6.45, 7) is 10.5. The van der Waals surface area contributed by atoms with E-state index >= 15 is 0 Å². The Morgan fingerprint density at radius 1 is 1.28 bits per heavy atom. The molecule has 136 valence electrons. The number of nitrogens with zero attached hydrogens (tertiary/aromatic N) is 1. The lowest BCUT2D eigenvalue weighted by molar-refractivity contribution is -0.129. The van der Waals surface area contributed by atoms with Crippen molar-refractivity contribution in [3.05, 3.63) is 36.0 Å². The molecule has 1 aromatic carbocycles. The van der Waals surface area contributed by atoms with Crippen molar-refractivity contribution in [3.63, 3.8) is 0 Å². The molecule has 1 aliphatic rings. The Hall–Kier alpha value is -1.77. The van der Waals surface area contributed by atoms with Gasteiger partial charge in [-0.15, -0.1) is 0 Å². The molecule has 1 saturated carbocycles. The predicted octanol–water partition coefficient (Wildman–Crippen LogP) is 4.77. The second-order valence-electron chi connectivity index (χ2n) is 8.22. The fraction of sp³-hybridized carbons (Fsp3) is 0.591. The fourth-order valence-electron chi connectivity index (χ4n) is 4.57. The van der Waals surface area contributed by atoms with Gasteiger partial charge >= 0.3 is 0 Å². The highest BCUT2D eigenvalue weighted by atomic mass is 16.1. The van der Waals surface area contributed by atoms with Crippen LogP contribution in [0.1, 0.15) is 45.7 Å². The zero-order valence-corrected chi connectivity index (χ0v) is 16.1. The van der Waals surface area contributed by atoms with Gasteiger partial charge in [-0.2, -0.15) is 0 Å². The van der Waals surface area contributed by atoms with Crippen LogP contribution in [0.3, 0.4) is 0 Å². The Balaban J connectivity index is 1.62. The average molecular weight is 341 g/mol. The summed E-state index contributed by atoms with van der Waals surface area (Å²) < 4.78 is 2.30. The molecule has 1 fully saturated rings. The molecule has 1 aliphatic carbocycles. The van der Waals surface area contributed by atoms with Gasteiger partial charge in [-0.25, -0.2) is 0 Å². The van der Waals surface area contributed by atoms with Gasteiger partial charge in [0.25, 0.3) is 0 Å². The van der Waals surface area contributed by atoms with Crippen LogP contribution in [0, 0.1) is 30.6 Å². The van der Waals surface area contributed by atoms with Crippen LogP contribution in [-0.4, -0.2) is 17.0 Å². The Morgan fingerprint density at radius 2 is 2.04 bits per heavy atom. The topological polar surface area (TPSA) is 34.0 Å². The van der Waals surface area contributed by atoms with Crippen LogP contribution in [0.25, 0.3) is 10.9 Å². The molecule has 0 bridgehead atoms. The molecule has 1 aromatic heterocycles. The number of aryl methyl sites for hydroxylation is 1. The summed E-state index contributed by atoms with van der Waals surface area (Å²) in [5, 5.41) is 4.50. The van der Waals surface area contributed by atoms with Crippen LogP contribution in [-0.2, 0) is 11.3 Å². The van der Waals surface area contributed by atoms with E-state index < -0.39 is 0 Å². The van der Waals surface area contributed by atoms with Crippen LogP contribution in [0.15, 0.2) is 30.3 Å². The van der Waals surface area contributed by atoms with E-state index in [9.17, 15) is 4.79 Å². The number of para-hydroxylation sites is 1. The summed E-state index contributed by atoms with van der Waals surface area (Å²) in [6.07, 6.45) is 3.50. The zero-order chi connectivity index (χ0) is 18.0. The van der Waals surface area contributed by atoms with E-state index in [0.717, 1.165) is 13.0 Å². The van der Waals surface area contributed by atoms with Crippen LogP contribution in [0.2, 0.25) is 0 Å². The number of amides is 1. The van der Waals surface area contributed by atoms with E-state index in [4.69, 9.17) is 0 Å². The molecule has 0 saturated heterocycles. The van der Waals surface area contributed by atoms with Gasteiger partial charge in [-0.05, 0) is 55.0 Å². The van der Waals surface area contributed by atoms with E-state index in [1.54, 1.807) is 0 Å². The van der Waals surface area contributed by atoms with E-state index in [0.29, 0.717) is 24.3 Å². The first-order valence-electron chi connectivity index (χ1n) is 9.80. The van der Waals surface area contributed by atoms with Gasteiger partial charge in [0.05, 0.1) is 0 Å². The summed E-state index contributed by atoms with van der Waals surface area (Å²) in [7, 11) is 0. The second-order valence-corrected chi connectivity index (χ2v) is 8.22. The lowest BCUT2D eigenvalue weighted by Gasteiger charge is -2.36. The highest BCUT2D eigenvalue weighted by Gasteiger charge is 2.35. The number of fused-ring (bicyclic) bond motifs is 1. The fourth-order valence-corrected chi connectivity index (χ4v) is 4.57. The number of hydrogen-bond acceptors (Lipinski definition) is 1. The molecule has 0 radical (unpaired) electrons. The zero-order valence-electron chi connectivity index (χ0n) is 16.1. The van der Waals surface area contributed by atoms with Gasteiger partial charge < -0.3 is 9.88 Å². The molecule has 2 aromatic rings. The van der Waals surface area contributed by atoms with Crippen molar-refractivity contribution in [2.75, 3.05) is 6.54 Å². The summed E-state index contributed by atoms with van der Waals surface area (Å²) in [4.78, 5) is 12.8. The molecule has 1 N–H and O–H groups in total. The standard InChI is InChI=1S/C22H32N2O/c1-15(2)19-10-9-16(3)13-20(19)22(25)23-11-12-24-17(4)14-18-7-5-6-8-21(18)24/h5-8,14-16,19-20H,9-13H2,1-4H3,(H,23,25)/t16-,19+,20-/m1/s1. The lowest BCUT2D eigenvalue weighted by Crippen LogP contribution is -2.41. The molecular weight excluding hydrogens is 308 g/mol. The molecule has 25 heavy (non-hydrogen) atoms. The molecular formula is C22H32N2O. The van der Waals surface area contributed by atoms with Crippen molar-refractivity contribution in [2.24, 2.45) is 23.7 Å². The van der Waals surface area contributed by atoms with Gasteiger partial charge in [0.15, 0.2) is 0 Å². The summed E-state index contributed by atoms with van der Waals surface area (Å²) >= 11 is 0. The Kier molecular flexibility index (Phi) is 5.51. The van der Waals surface area contributed by atoms with Crippen LogP contribution in [0.5, 0.6) is 0 Å². The lowest BCUT2D eigenvalue weighted by atomic mass is 9.70. The third-order valence-electron chi connectivity index (χ3n) is 6.01. The Morgan fingerprint density at radius 3 is 2.80 bits per heavy atom. The average Bonchev–Trinajstić information content (AvgIpc) is 2.90. The number of carbonyl (C=O) groups is 1. The number of carbonyl (C=O) groups excluding carboxylic acids is 1. The van der Waals surface area contributed by atoms with Crippen molar-refractivity contribution >= 4 is 16.8 Å². The maximum atomic E-state index is 12.8. The number of aromatic nitrogens is 1. The normalized spacial score (nSPS) is 24.0. The van der Waals surface area contributed by atoms with Gasteiger partial charge in [0.1, 0.15) is 0 Å². The first kappa shape index (κ1) is 18.0. The van der Waals surface area contributed by atoms with Crippen molar-refractivity contribution in [3.8, 4) is 0 Å². The number of hydrogen-bond donors (Lipinski definition) is 1. The molecule has 0 unspecified atom stereocenters. The van der Waals surface area contributed by atoms with Gasteiger partial charge in [-0.1, -0.05) is 45.4 Å². The van der Waals surface area contributed by atoms with Crippen LogP contribution in [0.4, 0.5) is 0 Å². The van der Waals surface area contributed by atoms with Gasteiger partial charge in [0.2, 0.25) is 5.91 Å². The molecule has 0 aliphatic heterocycles. The molecule has 1 amide bonds. The van der Waals surface area contributed by atoms with E-state index in [1.807, 2.05) is 0 Å². The maximum Gasteiger partial charge on any atom is 0.223 e. The minimum atomic E-state index is 0.186.